The van der Waals surface area contributed by atoms with E-state index in [1.807, 2.05) is 7.05 Å². The third-order valence-corrected chi connectivity index (χ3v) is 3.39. The third-order valence-electron chi connectivity index (χ3n) is 3.39. The van der Waals surface area contributed by atoms with Crippen LogP contribution in [0.5, 0.6) is 0 Å². The van der Waals surface area contributed by atoms with Crippen LogP contribution in [-0.2, 0) is 0 Å². The van der Waals surface area contributed by atoms with E-state index in [4.69, 9.17) is 0 Å². The fraction of sp³-hybridized carbons (Fsp3) is 1.00. The Morgan fingerprint density at radius 1 is 1.42 bits per heavy atom. The highest BCUT2D eigenvalue weighted by Crippen LogP contribution is 2.40. The monoisotopic (exact) mass is 171 g/mol. The van der Waals surface area contributed by atoms with Crippen molar-refractivity contribution in [1.82, 2.24) is 5.32 Å². The number of hydrogen-bond acceptors (Lipinski definition) is 2. The molecular weight excluding hydrogens is 150 g/mol. The van der Waals surface area contributed by atoms with Gasteiger partial charge >= 0.3 is 0 Å². The second-order valence-electron chi connectivity index (χ2n) is 4.52. The predicted molar refractivity (Wildman–Crippen MR) is 51.1 cm³/mol. The summed E-state index contributed by atoms with van der Waals surface area (Å²) < 4.78 is 0. The van der Waals surface area contributed by atoms with E-state index in [0.717, 1.165) is 13.0 Å². The van der Waals surface area contributed by atoms with Gasteiger partial charge in [-0.25, -0.2) is 0 Å². The van der Waals surface area contributed by atoms with Crippen LogP contribution in [0.2, 0.25) is 0 Å². The van der Waals surface area contributed by atoms with Gasteiger partial charge in [0, 0.05) is 0 Å². The van der Waals surface area contributed by atoms with Crippen LogP contribution < -0.4 is 5.32 Å². The third kappa shape index (κ3) is 1.80. The second kappa shape index (κ2) is 3.75. The number of aliphatic hydroxyl groups is 1. The van der Waals surface area contributed by atoms with Crippen molar-refractivity contribution >= 4 is 0 Å². The average molecular weight is 171 g/mol. The first-order valence-corrected chi connectivity index (χ1v) is 4.91. The zero-order valence-electron chi connectivity index (χ0n) is 8.43. The van der Waals surface area contributed by atoms with Gasteiger partial charge < -0.3 is 10.4 Å². The SMILES string of the molecule is CNC[C@H]1CCC[C@H](O)C1(C)C. The molecular formula is C10H21NO. The van der Waals surface area contributed by atoms with E-state index in [9.17, 15) is 5.11 Å². The molecule has 1 aliphatic carbocycles. The van der Waals surface area contributed by atoms with Crippen LogP contribution in [-0.4, -0.2) is 24.8 Å². The van der Waals surface area contributed by atoms with Crippen molar-refractivity contribution in [2.75, 3.05) is 13.6 Å². The first-order valence-electron chi connectivity index (χ1n) is 4.91. The maximum absolute atomic E-state index is 9.81. The standard InChI is InChI=1S/C10H21NO/c1-10(2)8(7-11-3)5-4-6-9(10)12/h8-9,11-12H,4-7H2,1-3H3/t8-,9+/m1/s1. The largest absolute Gasteiger partial charge is 0.393 e. The van der Waals surface area contributed by atoms with Crippen LogP contribution in [0.4, 0.5) is 0 Å². The summed E-state index contributed by atoms with van der Waals surface area (Å²) in [7, 11) is 1.98. The lowest BCUT2D eigenvalue weighted by Crippen LogP contribution is -2.44. The molecule has 12 heavy (non-hydrogen) atoms. The molecule has 0 radical (unpaired) electrons. The maximum atomic E-state index is 9.81. The topological polar surface area (TPSA) is 32.3 Å². The van der Waals surface area contributed by atoms with E-state index in [1.54, 1.807) is 0 Å². The Labute approximate surface area is 75.4 Å². The van der Waals surface area contributed by atoms with E-state index in [1.165, 1.54) is 12.8 Å². The average Bonchev–Trinajstić information content (AvgIpc) is 2.00. The second-order valence-corrected chi connectivity index (χ2v) is 4.52. The molecule has 2 heteroatoms. The molecule has 2 N–H and O–H groups in total. The lowest BCUT2D eigenvalue weighted by molar-refractivity contribution is -0.0282. The van der Waals surface area contributed by atoms with E-state index in [-0.39, 0.29) is 11.5 Å². The zero-order chi connectivity index (χ0) is 9.19. The Hall–Kier alpha value is -0.0800. The minimum Gasteiger partial charge on any atom is -0.393 e. The Kier molecular flexibility index (Phi) is 3.13. The molecule has 0 aliphatic heterocycles. The molecule has 0 heterocycles. The number of nitrogens with one attached hydrogen (secondary N) is 1. The molecule has 72 valence electrons. The normalized spacial score (nSPS) is 35.0. The van der Waals surface area contributed by atoms with Crippen LogP contribution in [0.25, 0.3) is 0 Å². The van der Waals surface area contributed by atoms with Crippen molar-refractivity contribution in [2.45, 2.75) is 39.2 Å². The first-order chi connectivity index (χ1) is 5.59. The van der Waals surface area contributed by atoms with Crippen LogP contribution in [0.1, 0.15) is 33.1 Å². The van der Waals surface area contributed by atoms with E-state index >= 15 is 0 Å². The van der Waals surface area contributed by atoms with Gasteiger partial charge in [0.2, 0.25) is 0 Å². The molecule has 0 spiro atoms. The van der Waals surface area contributed by atoms with Gasteiger partial charge in [-0.1, -0.05) is 20.3 Å². The molecule has 0 bridgehead atoms. The highest BCUT2D eigenvalue weighted by atomic mass is 16.3. The summed E-state index contributed by atoms with van der Waals surface area (Å²) in [6.07, 6.45) is 3.30. The van der Waals surface area contributed by atoms with Crippen molar-refractivity contribution in [3.8, 4) is 0 Å². The molecule has 0 unspecified atom stereocenters. The summed E-state index contributed by atoms with van der Waals surface area (Å²) in [4.78, 5) is 0. The zero-order valence-corrected chi connectivity index (χ0v) is 8.43. The van der Waals surface area contributed by atoms with Crippen molar-refractivity contribution in [1.29, 1.82) is 0 Å². The van der Waals surface area contributed by atoms with E-state index < -0.39 is 0 Å². The number of aliphatic hydroxyl groups excluding tert-OH is 1. The van der Waals surface area contributed by atoms with E-state index in [0.29, 0.717) is 5.92 Å². The highest BCUT2D eigenvalue weighted by molar-refractivity contribution is 4.89. The van der Waals surface area contributed by atoms with Gasteiger partial charge in [-0.3, -0.25) is 0 Å². The van der Waals surface area contributed by atoms with Crippen LogP contribution >= 0.6 is 0 Å². The molecule has 2 nitrogen and oxygen atoms in total. The molecule has 0 saturated heterocycles. The molecule has 1 rings (SSSR count). The quantitative estimate of drug-likeness (QED) is 0.658. The van der Waals surface area contributed by atoms with Gasteiger partial charge in [-0.15, -0.1) is 0 Å². The molecule has 0 aromatic carbocycles. The fourth-order valence-electron chi connectivity index (χ4n) is 2.19. The number of hydrogen-bond donors (Lipinski definition) is 2. The molecule has 1 saturated carbocycles. The van der Waals surface area contributed by atoms with Crippen molar-refractivity contribution < 1.29 is 5.11 Å². The summed E-state index contributed by atoms with van der Waals surface area (Å²) >= 11 is 0. The van der Waals surface area contributed by atoms with Crippen molar-refractivity contribution in [3.63, 3.8) is 0 Å². The predicted octanol–water partition coefficient (Wildman–Crippen LogP) is 1.39. The van der Waals surface area contributed by atoms with E-state index in [2.05, 4.69) is 19.2 Å². The van der Waals surface area contributed by atoms with Gasteiger partial charge in [-0.05, 0) is 37.8 Å². The first kappa shape index (κ1) is 10.0. The van der Waals surface area contributed by atoms with Crippen LogP contribution in [0.3, 0.4) is 0 Å². The van der Waals surface area contributed by atoms with Gasteiger partial charge in [0.15, 0.2) is 0 Å². The lowest BCUT2D eigenvalue weighted by atomic mass is 9.67. The molecule has 2 atom stereocenters. The Balaban J connectivity index is 2.59. The Bertz CT molecular complexity index is 143. The lowest BCUT2D eigenvalue weighted by Gasteiger charge is -2.42. The van der Waals surface area contributed by atoms with Gasteiger partial charge in [0.05, 0.1) is 6.10 Å². The van der Waals surface area contributed by atoms with Crippen molar-refractivity contribution in [3.05, 3.63) is 0 Å². The molecule has 0 aromatic heterocycles. The minimum atomic E-state index is -0.107. The van der Waals surface area contributed by atoms with Crippen LogP contribution in [0, 0.1) is 11.3 Å². The number of rotatable bonds is 2. The molecule has 0 amide bonds. The van der Waals surface area contributed by atoms with Crippen molar-refractivity contribution in [2.24, 2.45) is 11.3 Å². The van der Waals surface area contributed by atoms with Gasteiger partial charge in [-0.2, -0.15) is 0 Å². The summed E-state index contributed by atoms with van der Waals surface area (Å²) in [6, 6.07) is 0. The van der Waals surface area contributed by atoms with Gasteiger partial charge in [0.25, 0.3) is 0 Å². The smallest absolute Gasteiger partial charge is 0.0594 e. The summed E-state index contributed by atoms with van der Waals surface area (Å²) in [5.41, 5.74) is 0.0985. The minimum absolute atomic E-state index is 0.0985. The Morgan fingerprint density at radius 2 is 2.08 bits per heavy atom. The fourth-order valence-corrected chi connectivity index (χ4v) is 2.19. The highest BCUT2D eigenvalue weighted by Gasteiger charge is 2.38. The maximum Gasteiger partial charge on any atom is 0.0594 e. The summed E-state index contributed by atoms with van der Waals surface area (Å²) in [5, 5.41) is 13.0. The Morgan fingerprint density at radius 3 is 2.67 bits per heavy atom. The summed E-state index contributed by atoms with van der Waals surface area (Å²) in [5.74, 6) is 0.631. The molecule has 0 aromatic rings. The van der Waals surface area contributed by atoms with Gasteiger partial charge in [0.1, 0.15) is 0 Å². The molecule has 1 fully saturated rings. The molecule has 1 aliphatic rings. The summed E-state index contributed by atoms with van der Waals surface area (Å²) in [6.45, 7) is 5.39. The van der Waals surface area contributed by atoms with Crippen LogP contribution in [0.15, 0.2) is 0 Å².